The van der Waals surface area contributed by atoms with E-state index in [4.69, 9.17) is 0 Å². The molecule has 2 aliphatic rings. The molecule has 6 N–H and O–H groups in total. The molecule has 4 rings (SSSR count). The second-order valence-corrected chi connectivity index (χ2v) is 11.6. The minimum Gasteiger partial charge on any atom is -0.392 e. The Kier molecular flexibility index (Phi) is 10.2. The molecule has 216 valence electrons. The van der Waals surface area contributed by atoms with E-state index >= 15 is 0 Å². The van der Waals surface area contributed by atoms with Gasteiger partial charge in [0.25, 0.3) is 5.91 Å². The molecule has 40 heavy (non-hydrogen) atoms. The van der Waals surface area contributed by atoms with Gasteiger partial charge in [-0.3, -0.25) is 19.2 Å². The Bertz CT molecular complexity index is 1190. The molecule has 2 aliphatic heterocycles. The number of rotatable bonds is 5. The van der Waals surface area contributed by atoms with Crippen molar-refractivity contribution in [2.75, 3.05) is 13.1 Å². The Balaban J connectivity index is 1.55. The smallest absolute Gasteiger partial charge is 0.271 e. The molecular weight excluding hydrogens is 532 g/mol. The maximum Gasteiger partial charge on any atom is 0.271 e. The summed E-state index contributed by atoms with van der Waals surface area (Å²) in [5, 5.41) is 26.6. The number of aliphatic hydroxyl groups excluding tert-OH is 1. The molecule has 3 heterocycles. The molecule has 11 nitrogen and oxygen atoms in total. The first-order chi connectivity index (χ1) is 19.2. The molecule has 12 heteroatoms. The second-order valence-electron chi connectivity index (χ2n) is 10.7. The Morgan fingerprint density at radius 3 is 2.60 bits per heavy atom. The molecule has 2 bridgehead atoms. The topological polar surface area (TPSA) is 162 Å². The van der Waals surface area contributed by atoms with Gasteiger partial charge in [-0.2, -0.15) is 0 Å². The van der Waals surface area contributed by atoms with Crippen molar-refractivity contribution in [2.24, 2.45) is 5.92 Å². The van der Waals surface area contributed by atoms with Crippen molar-refractivity contribution in [1.82, 2.24) is 31.6 Å². The lowest BCUT2D eigenvalue weighted by Gasteiger charge is -2.26. The highest BCUT2D eigenvalue weighted by molar-refractivity contribution is 7.09. The third kappa shape index (κ3) is 7.86. The standard InChI is InChI=1S/C28H38N6O5S/c1-16(2)23-28-33-22(15-40-28)27(39)32-21(12-17-8-4-3-5-9-17)24(36)29-11-7-6-10-19(25(37)34-23)31-26(38)20-13-18(35)14-30-20/h3-5,8-9,15-16,18-21,23,30,35H,6-7,10-14H2,1-2H3,(H,29,36)(H,31,38)(H,32,39)(H,34,37)/t18-,19+,20-,21-,23-/m1/s1. The van der Waals surface area contributed by atoms with E-state index < -0.39 is 36.2 Å². The van der Waals surface area contributed by atoms with E-state index in [2.05, 4.69) is 31.6 Å². The van der Waals surface area contributed by atoms with Crippen LogP contribution in [0, 0.1) is 5.92 Å². The molecule has 0 saturated carbocycles. The Morgan fingerprint density at radius 1 is 1.12 bits per heavy atom. The van der Waals surface area contributed by atoms with Crippen LogP contribution in [0.3, 0.4) is 0 Å². The maximum absolute atomic E-state index is 13.4. The molecule has 0 unspecified atom stereocenters. The van der Waals surface area contributed by atoms with Crippen molar-refractivity contribution in [3.05, 3.63) is 52.0 Å². The first-order valence-electron chi connectivity index (χ1n) is 13.8. The summed E-state index contributed by atoms with van der Waals surface area (Å²) in [7, 11) is 0. The molecule has 0 aliphatic carbocycles. The van der Waals surface area contributed by atoms with Crippen molar-refractivity contribution in [3.63, 3.8) is 0 Å². The van der Waals surface area contributed by atoms with Crippen LogP contribution in [0.2, 0.25) is 0 Å². The number of thiazole rings is 1. The van der Waals surface area contributed by atoms with Crippen molar-refractivity contribution in [1.29, 1.82) is 0 Å². The van der Waals surface area contributed by atoms with Gasteiger partial charge in [0.1, 0.15) is 22.8 Å². The van der Waals surface area contributed by atoms with Crippen LogP contribution in [0.15, 0.2) is 35.7 Å². The molecule has 1 saturated heterocycles. The number of β-amino-alcohol motifs (C(OH)–C–C–N with tert-alkyl or cyclic N) is 1. The zero-order valence-corrected chi connectivity index (χ0v) is 23.6. The number of aliphatic hydroxyl groups is 1. The number of amides is 4. The SMILES string of the molecule is CC(C)[C@H]1NC(=O)[C@@H](NC(=O)[C@H]2C[C@@H](O)CN2)CCCCNC(=O)[C@@H](Cc2ccccc2)NC(=O)c2csc1n2. The van der Waals surface area contributed by atoms with E-state index in [0.717, 1.165) is 5.56 Å². The third-order valence-electron chi connectivity index (χ3n) is 7.17. The molecule has 1 aromatic heterocycles. The van der Waals surface area contributed by atoms with Crippen LogP contribution in [0.4, 0.5) is 0 Å². The highest BCUT2D eigenvalue weighted by atomic mass is 32.1. The van der Waals surface area contributed by atoms with Gasteiger partial charge in [-0.15, -0.1) is 11.3 Å². The minimum absolute atomic E-state index is 0.0375. The maximum atomic E-state index is 13.4. The monoisotopic (exact) mass is 570 g/mol. The molecule has 0 radical (unpaired) electrons. The zero-order valence-electron chi connectivity index (χ0n) is 22.8. The van der Waals surface area contributed by atoms with Crippen LogP contribution in [-0.2, 0) is 20.8 Å². The van der Waals surface area contributed by atoms with Crippen LogP contribution in [0.1, 0.15) is 66.6 Å². The lowest BCUT2D eigenvalue weighted by molar-refractivity contribution is -0.130. The number of aromatic nitrogens is 1. The quantitative estimate of drug-likeness (QED) is 0.310. The van der Waals surface area contributed by atoms with E-state index in [-0.39, 0.29) is 35.8 Å². The molecule has 0 spiro atoms. The summed E-state index contributed by atoms with van der Waals surface area (Å²) in [5.74, 6) is -1.48. The number of carbonyl (C=O) groups excluding carboxylic acids is 4. The lowest BCUT2D eigenvalue weighted by atomic mass is 10.0. The fourth-order valence-electron chi connectivity index (χ4n) is 4.86. The Hall–Kier alpha value is -3.35. The minimum atomic E-state index is -0.800. The lowest BCUT2D eigenvalue weighted by Crippen LogP contribution is -2.52. The predicted molar refractivity (Wildman–Crippen MR) is 150 cm³/mol. The summed E-state index contributed by atoms with van der Waals surface area (Å²) in [6.45, 7) is 4.58. The van der Waals surface area contributed by atoms with Crippen molar-refractivity contribution in [2.45, 2.75) is 76.2 Å². The summed E-state index contributed by atoms with van der Waals surface area (Å²) in [6, 6.07) is 6.86. The number of carbonyl (C=O) groups is 4. The summed E-state index contributed by atoms with van der Waals surface area (Å²) < 4.78 is 0. The van der Waals surface area contributed by atoms with Crippen molar-refractivity contribution < 1.29 is 24.3 Å². The zero-order chi connectivity index (χ0) is 28.6. The molecule has 5 atom stereocenters. The van der Waals surface area contributed by atoms with Gasteiger partial charge in [-0.1, -0.05) is 44.2 Å². The molecule has 1 aromatic carbocycles. The third-order valence-corrected chi connectivity index (χ3v) is 8.09. The summed E-state index contributed by atoms with van der Waals surface area (Å²) in [6.07, 6.45) is 1.55. The molecule has 1 fully saturated rings. The van der Waals surface area contributed by atoms with Gasteiger partial charge in [0, 0.05) is 24.9 Å². The Labute approximate surface area is 237 Å². The number of benzene rings is 1. The highest BCUT2D eigenvalue weighted by Crippen LogP contribution is 2.26. The van der Waals surface area contributed by atoms with Gasteiger partial charge < -0.3 is 31.7 Å². The van der Waals surface area contributed by atoms with E-state index in [9.17, 15) is 24.3 Å². The van der Waals surface area contributed by atoms with Gasteiger partial charge in [0.05, 0.1) is 18.2 Å². The average molecular weight is 571 g/mol. The van der Waals surface area contributed by atoms with Crippen molar-refractivity contribution in [3.8, 4) is 0 Å². The number of hydrogen-bond donors (Lipinski definition) is 6. The first kappa shape index (κ1) is 29.6. The van der Waals surface area contributed by atoms with Crippen LogP contribution in [-0.4, -0.2) is 71.0 Å². The molecule has 2 aromatic rings. The number of nitrogens with one attached hydrogen (secondary N) is 5. The van der Waals surface area contributed by atoms with Gasteiger partial charge in [0.15, 0.2) is 0 Å². The normalized spacial score (nSPS) is 26.6. The average Bonchev–Trinajstić information content (AvgIpc) is 3.59. The number of nitrogens with zero attached hydrogens (tertiary/aromatic N) is 1. The molecular formula is C28H38N6O5S. The largest absolute Gasteiger partial charge is 0.392 e. The molecule has 4 amide bonds. The van der Waals surface area contributed by atoms with Crippen molar-refractivity contribution >= 4 is 35.0 Å². The fraction of sp³-hybridized carbons (Fsp3) is 0.536. The van der Waals surface area contributed by atoms with Gasteiger partial charge in [-0.25, -0.2) is 4.98 Å². The van der Waals surface area contributed by atoms with E-state index in [1.54, 1.807) is 5.38 Å². The van der Waals surface area contributed by atoms with E-state index in [1.165, 1.54) is 11.3 Å². The number of hydrogen-bond acceptors (Lipinski definition) is 8. The fourth-order valence-corrected chi connectivity index (χ4v) is 5.88. The van der Waals surface area contributed by atoms with Crippen LogP contribution < -0.4 is 26.6 Å². The summed E-state index contributed by atoms with van der Waals surface area (Å²) in [4.78, 5) is 57.0. The van der Waals surface area contributed by atoms with Gasteiger partial charge >= 0.3 is 0 Å². The second kappa shape index (κ2) is 13.8. The summed E-state index contributed by atoms with van der Waals surface area (Å²) >= 11 is 1.26. The Morgan fingerprint density at radius 2 is 1.90 bits per heavy atom. The van der Waals surface area contributed by atoms with E-state index in [0.29, 0.717) is 43.8 Å². The first-order valence-corrected chi connectivity index (χ1v) is 14.7. The van der Waals surface area contributed by atoms with Crippen LogP contribution in [0.25, 0.3) is 0 Å². The van der Waals surface area contributed by atoms with Gasteiger partial charge in [0.2, 0.25) is 17.7 Å². The van der Waals surface area contributed by atoms with Crippen LogP contribution in [0.5, 0.6) is 0 Å². The van der Waals surface area contributed by atoms with E-state index in [1.807, 2.05) is 44.2 Å². The highest BCUT2D eigenvalue weighted by Gasteiger charge is 2.33. The predicted octanol–water partition coefficient (Wildman–Crippen LogP) is 0.805. The van der Waals surface area contributed by atoms with Crippen LogP contribution >= 0.6 is 11.3 Å². The summed E-state index contributed by atoms with van der Waals surface area (Å²) in [5.41, 5.74) is 1.09. The van der Waals surface area contributed by atoms with Gasteiger partial charge in [-0.05, 0) is 37.2 Å². The number of fused-ring (bicyclic) bond motifs is 2.